The molecule has 5 heteroatoms. The van der Waals surface area contributed by atoms with Crippen molar-refractivity contribution in [2.45, 2.75) is 20.0 Å². The first kappa shape index (κ1) is 14.5. The van der Waals surface area contributed by atoms with Gasteiger partial charge in [0, 0.05) is 35.6 Å². The zero-order valence-electron chi connectivity index (χ0n) is 12.3. The molecule has 3 aromatic rings. The second-order valence-corrected chi connectivity index (χ2v) is 5.93. The Morgan fingerprint density at radius 2 is 2.09 bits per heavy atom. The highest BCUT2D eigenvalue weighted by Crippen LogP contribution is 2.21. The van der Waals surface area contributed by atoms with E-state index in [1.165, 1.54) is 0 Å². The van der Waals surface area contributed by atoms with Crippen LogP contribution < -0.4 is 5.32 Å². The minimum absolute atomic E-state index is 0.0458. The third-order valence-electron chi connectivity index (χ3n) is 3.49. The van der Waals surface area contributed by atoms with E-state index in [-0.39, 0.29) is 5.91 Å². The second-order valence-electron chi connectivity index (χ2n) is 4.90. The lowest BCUT2D eigenvalue weighted by molar-refractivity contribution is 0.0942. The van der Waals surface area contributed by atoms with Crippen molar-refractivity contribution in [2.24, 2.45) is 0 Å². The van der Waals surface area contributed by atoms with E-state index in [1.807, 2.05) is 53.4 Å². The Labute approximate surface area is 133 Å². The average Bonchev–Trinajstić information content (AvgIpc) is 3.22. The molecular formula is C17H17N3OS. The normalized spacial score (nSPS) is 10.6. The third-order valence-corrected chi connectivity index (χ3v) is 4.36. The van der Waals surface area contributed by atoms with Crippen LogP contribution in [0.4, 0.5) is 0 Å². The fourth-order valence-corrected chi connectivity index (χ4v) is 2.98. The fraction of sp³-hybridized carbons (Fsp3) is 0.176. The molecule has 0 aliphatic carbocycles. The third kappa shape index (κ3) is 3.09. The molecule has 3 aromatic heterocycles. The Morgan fingerprint density at radius 3 is 2.77 bits per heavy atom. The van der Waals surface area contributed by atoms with Crippen molar-refractivity contribution < 1.29 is 4.79 Å². The van der Waals surface area contributed by atoms with E-state index < -0.39 is 0 Å². The van der Waals surface area contributed by atoms with Gasteiger partial charge in [-0.05, 0) is 42.1 Å². The highest BCUT2D eigenvalue weighted by Gasteiger charge is 2.13. The minimum Gasteiger partial charge on any atom is -0.346 e. The van der Waals surface area contributed by atoms with Gasteiger partial charge < -0.3 is 9.88 Å². The summed E-state index contributed by atoms with van der Waals surface area (Å²) in [5.41, 5.74) is 2.78. The number of nitrogens with zero attached hydrogens (tertiary/aromatic N) is 2. The number of carbonyl (C=O) groups excluding carboxylic acids is 1. The Kier molecular flexibility index (Phi) is 4.34. The van der Waals surface area contributed by atoms with Crippen molar-refractivity contribution in [3.63, 3.8) is 0 Å². The first-order chi connectivity index (χ1) is 10.8. The molecule has 0 atom stereocenters. The van der Waals surface area contributed by atoms with Gasteiger partial charge in [-0.2, -0.15) is 0 Å². The number of aromatic nitrogens is 2. The van der Waals surface area contributed by atoms with Crippen molar-refractivity contribution in [2.75, 3.05) is 0 Å². The highest BCUT2D eigenvalue weighted by molar-refractivity contribution is 7.09. The molecule has 0 saturated heterocycles. The summed E-state index contributed by atoms with van der Waals surface area (Å²) in [6.07, 6.45) is 5.53. The summed E-state index contributed by atoms with van der Waals surface area (Å²) in [4.78, 5) is 17.6. The standard InChI is InChI=1S/C17H17N3OS/c1-2-20-12-14(13-5-7-18-8-6-13)10-16(20)17(21)19-11-15-4-3-9-22-15/h3-10,12H,2,11H2,1H3,(H,19,21). The number of hydrogen-bond donors (Lipinski definition) is 1. The molecule has 112 valence electrons. The van der Waals surface area contributed by atoms with Crippen LogP contribution in [0.1, 0.15) is 22.3 Å². The lowest BCUT2D eigenvalue weighted by Gasteiger charge is -2.06. The zero-order valence-corrected chi connectivity index (χ0v) is 13.1. The maximum absolute atomic E-state index is 12.4. The molecule has 0 fully saturated rings. The number of amides is 1. The quantitative estimate of drug-likeness (QED) is 0.783. The van der Waals surface area contributed by atoms with Crippen LogP contribution in [-0.2, 0) is 13.1 Å². The molecule has 0 aliphatic rings. The van der Waals surface area contributed by atoms with E-state index in [4.69, 9.17) is 0 Å². The summed E-state index contributed by atoms with van der Waals surface area (Å²) in [7, 11) is 0. The van der Waals surface area contributed by atoms with Gasteiger partial charge in [0.25, 0.3) is 5.91 Å². The van der Waals surface area contributed by atoms with E-state index in [0.29, 0.717) is 12.2 Å². The first-order valence-electron chi connectivity index (χ1n) is 7.19. The maximum Gasteiger partial charge on any atom is 0.268 e. The van der Waals surface area contributed by atoms with Gasteiger partial charge >= 0.3 is 0 Å². The predicted octanol–water partition coefficient (Wildman–Crippen LogP) is 3.56. The summed E-state index contributed by atoms with van der Waals surface area (Å²) in [6, 6.07) is 9.84. The van der Waals surface area contributed by atoms with Gasteiger partial charge in [-0.25, -0.2) is 0 Å². The van der Waals surface area contributed by atoms with Gasteiger partial charge in [0.1, 0.15) is 5.69 Å². The predicted molar refractivity (Wildman–Crippen MR) is 88.8 cm³/mol. The monoisotopic (exact) mass is 311 g/mol. The molecule has 3 heterocycles. The average molecular weight is 311 g/mol. The molecule has 0 aliphatic heterocycles. The van der Waals surface area contributed by atoms with E-state index in [2.05, 4.69) is 10.3 Å². The SMILES string of the molecule is CCn1cc(-c2ccncc2)cc1C(=O)NCc1cccs1. The molecule has 0 bridgehead atoms. The van der Waals surface area contributed by atoms with E-state index in [9.17, 15) is 4.79 Å². The van der Waals surface area contributed by atoms with E-state index in [1.54, 1.807) is 23.7 Å². The summed E-state index contributed by atoms with van der Waals surface area (Å²) in [6.45, 7) is 3.36. The highest BCUT2D eigenvalue weighted by atomic mass is 32.1. The molecule has 22 heavy (non-hydrogen) atoms. The first-order valence-corrected chi connectivity index (χ1v) is 8.07. The topological polar surface area (TPSA) is 46.9 Å². The van der Waals surface area contributed by atoms with Crippen molar-refractivity contribution in [3.05, 3.63) is 64.9 Å². The van der Waals surface area contributed by atoms with Crippen LogP contribution in [0, 0.1) is 0 Å². The largest absolute Gasteiger partial charge is 0.346 e. The lowest BCUT2D eigenvalue weighted by Crippen LogP contribution is -2.24. The molecule has 0 radical (unpaired) electrons. The Balaban J connectivity index is 1.80. The molecule has 1 N–H and O–H groups in total. The van der Waals surface area contributed by atoms with Crippen molar-refractivity contribution >= 4 is 17.2 Å². The van der Waals surface area contributed by atoms with Crippen molar-refractivity contribution in [1.82, 2.24) is 14.9 Å². The number of thiophene rings is 1. The minimum atomic E-state index is -0.0458. The number of pyridine rings is 1. The van der Waals surface area contributed by atoms with Crippen LogP contribution >= 0.6 is 11.3 Å². The molecule has 0 unspecified atom stereocenters. The van der Waals surface area contributed by atoms with E-state index >= 15 is 0 Å². The molecule has 0 aromatic carbocycles. The number of aryl methyl sites for hydroxylation is 1. The number of rotatable bonds is 5. The molecular weight excluding hydrogens is 294 g/mol. The van der Waals surface area contributed by atoms with Gasteiger partial charge in [-0.3, -0.25) is 9.78 Å². The van der Waals surface area contributed by atoms with Gasteiger partial charge in [0.05, 0.1) is 6.54 Å². The van der Waals surface area contributed by atoms with Crippen LogP contribution in [0.3, 0.4) is 0 Å². The van der Waals surface area contributed by atoms with Gasteiger partial charge in [-0.1, -0.05) is 6.07 Å². The van der Waals surface area contributed by atoms with Gasteiger partial charge in [-0.15, -0.1) is 11.3 Å². The summed E-state index contributed by atoms with van der Waals surface area (Å²) in [5, 5.41) is 4.99. The Hall–Kier alpha value is -2.40. The number of hydrogen-bond acceptors (Lipinski definition) is 3. The summed E-state index contributed by atoms with van der Waals surface area (Å²) >= 11 is 1.64. The number of carbonyl (C=O) groups is 1. The van der Waals surface area contributed by atoms with Crippen molar-refractivity contribution in [3.8, 4) is 11.1 Å². The lowest BCUT2D eigenvalue weighted by atomic mass is 10.1. The maximum atomic E-state index is 12.4. The van der Waals surface area contributed by atoms with Crippen LogP contribution in [0.2, 0.25) is 0 Å². The van der Waals surface area contributed by atoms with Crippen LogP contribution in [-0.4, -0.2) is 15.5 Å². The Morgan fingerprint density at radius 1 is 1.27 bits per heavy atom. The summed E-state index contributed by atoms with van der Waals surface area (Å²) in [5.74, 6) is -0.0458. The summed E-state index contributed by atoms with van der Waals surface area (Å²) < 4.78 is 1.97. The van der Waals surface area contributed by atoms with Gasteiger partial charge in [0.2, 0.25) is 0 Å². The van der Waals surface area contributed by atoms with Gasteiger partial charge in [0.15, 0.2) is 0 Å². The Bertz CT molecular complexity index is 748. The second kappa shape index (κ2) is 6.58. The van der Waals surface area contributed by atoms with Crippen LogP contribution in [0.15, 0.2) is 54.3 Å². The molecule has 3 rings (SSSR count). The molecule has 0 spiro atoms. The van der Waals surface area contributed by atoms with Crippen LogP contribution in [0.5, 0.6) is 0 Å². The van der Waals surface area contributed by atoms with E-state index in [0.717, 1.165) is 22.5 Å². The molecule has 1 amide bonds. The zero-order chi connectivity index (χ0) is 15.4. The van der Waals surface area contributed by atoms with Crippen LogP contribution in [0.25, 0.3) is 11.1 Å². The fourth-order valence-electron chi connectivity index (χ4n) is 2.34. The van der Waals surface area contributed by atoms with Crippen molar-refractivity contribution in [1.29, 1.82) is 0 Å². The molecule has 0 saturated carbocycles. The smallest absolute Gasteiger partial charge is 0.268 e. The number of nitrogens with one attached hydrogen (secondary N) is 1. The molecule has 4 nitrogen and oxygen atoms in total.